The van der Waals surface area contributed by atoms with Crippen LogP contribution in [0.3, 0.4) is 0 Å². The van der Waals surface area contributed by atoms with Gasteiger partial charge in [-0.15, -0.1) is 10.2 Å². The van der Waals surface area contributed by atoms with Gasteiger partial charge in [0.15, 0.2) is 5.16 Å². The number of aryl methyl sites for hydroxylation is 2. The Hall–Kier alpha value is -3.13. The summed E-state index contributed by atoms with van der Waals surface area (Å²) in [4.78, 5) is 25.3. The zero-order valence-electron chi connectivity index (χ0n) is 16.9. The van der Waals surface area contributed by atoms with Gasteiger partial charge < -0.3 is 5.32 Å². The summed E-state index contributed by atoms with van der Waals surface area (Å²) in [6.45, 7) is 4.34. The van der Waals surface area contributed by atoms with Gasteiger partial charge in [0.25, 0.3) is 5.56 Å². The third-order valence-electron chi connectivity index (χ3n) is 4.73. The second-order valence-corrected chi connectivity index (χ2v) is 8.28. The van der Waals surface area contributed by atoms with Crippen LogP contribution in [0.4, 0.5) is 0 Å². The first kappa shape index (κ1) is 20.2. The second-order valence-electron chi connectivity index (χ2n) is 7.34. The van der Waals surface area contributed by atoms with Crippen LogP contribution < -0.4 is 10.9 Å². The van der Waals surface area contributed by atoms with Crippen LogP contribution in [0.5, 0.6) is 0 Å². The van der Waals surface area contributed by atoms with Gasteiger partial charge in [-0.05, 0) is 38.0 Å². The van der Waals surface area contributed by atoms with E-state index in [9.17, 15) is 9.59 Å². The van der Waals surface area contributed by atoms with E-state index in [1.165, 1.54) is 11.8 Å². The number of hydrogen-bond acceptors (Lipinski definition) is 5. The Morgan fingerprint density at radius 2 is 1.80 bits per heavy atom. The van der Waals surface area contributed by atoms with Crippen molar-refractivity contribution in [2.45, 2.75) is 38.0 Å². The first-order valence-electron chi connectivity index (χ1n) is 9.87. The number of nitrogens with one attached hydrogen (secondary N) is 1. The molecule has 0 saturated heterocycles. The molecule has 154 valence electrons. The molecule has 4 rings (SSSR count). The molecule has 2 aromatic heterocycles. The number of fused-ring (bicyclic) bond motifs is 3. The van der Waals surface area contributed by atoms with Crippen molar-refractivity contribution in [1.29, 1.82) is 0 Å². The Morgan fingerprint density at radius 3 is 2.57 bits per heavy atom. The highest BCUT2D eigenvalue weighted by atomic mass is 32.2. The molecule has 0 aliphatic carbocycles. The summed E-state index contributed by atoms with van der Waals surface area (Å²) in [5, 5.41) is 12.7. The standard InChI is InChI=1S/C22H23N5O2S/c1-15(2)23-19(28)14-30-22-25-24-21-26(13-12-16-8-4-3-5-9-16)20(29)17-10-6-7-11-18(17)27(21)22/h3-11,15H,12-14H2,1-2H3,(H,23,28). The van der Waals surface area contributed by atoms with Crippen molar-refractivity contribution in [2.75, 3.05) is 5.75 Å². The highest BCUT2D eigenvalue weighted by Gasteiger charge is 2.17. The van der Waals surface area contributed by atoms with E-state index in [0.717, 1.165) is 11.1 Å². The minimum Gasteiger partial charge on any atom is -0.353 e. The molecule has 0 fully saturated rings. The fraction of sp³-hybridized carbons (Fsp3) is 0.273. The lowest BCUT2D eigenvalue weighted by Gasteiger charge is -2.11. The highest BCUT2D eigenvalue weighted by Crippen LogP contribution is 2.21. The van der Waals surface area contributed by atoms with Crippen LogP contribution >= 0.6 is 11.8 Å². The molecule has 8 heteroatoms. The van der Waals surface area contributed by atoms with E-state index in [1.807, 2.05) is 72.8 Å². The van der Waals surface area contributed by atoms with E-state index in [0.29, 0.717) is 29.3 Å². The van der Waals surface area contributed by atoms with Crippen LogP contribution in [0, 0.1) is 0 Å². The summed E-state index contributed by atoms with van der Waals surface area (Å²) in [5.41, 5.74) is 1.80. The van der Waals surface area contributed by atoms with Crippen molar-refractivity contribution < 1.29 is 4.79 Å². The Bertz CT molecular complexity index is 1250. The van der Waals surface area contributed by atoms with E-state index in [1.54, 1.807) is 4.57 Å². The molecule has 0 aliphatic rings. The number of para-hydroxylation sites is 1. The van der Waals surface area contributed by atoms with Crippen LogP contribution in [0.25, 0.3) is 16.7 Å². The van der Waals surface area contributed by atoms with Gasteiger partial charge in [0.2, 0.25) is 11.7 Å². The number of benzene rings is 2. The summed E-state index contributed by atoms with van der Waals surface area (Å²) >= 11 is 1.31. The average Bonchev–Trinajstić information content (AvgIpc) is 3.16. The van der Waals surface area contributed by atoms with Gasteiger partial charge in [0.05, 0.1) is 16.7 Å². The number of carbonyl (C=O) groups excluding carboxylic acids is 1. The number of hydrogen-bond donors (Lipinski definition) is 1. The summed E-state index contributed by atoms with van der Waals surface area (Å²) in [7, 11) is 0. The van der Waals surface area contributed by atoms with Crippen LogP contribution in [0.2, 0.25) is 0 Å². The maximum Gasteiger partial charge on any atom is 0.262 e. The third kappa shape index (κ3) is 4.09. The van der Waals surface area contributed by atoms with E-state index in [2.05, 4.69) is 15.5 Å². The van der Waals surface area contributed by atoms with Crippen molar-refractivity contribution in [3.05, 3.63) is 70.5 Å². The summed E-state index contributed by atoms with van der Waals surface area (Å²) < 4.78 is 3.54. The third-order valence-corrected chi connectivity index (χ3v) is 5.66. The Kier molecular flexibility index (Phi) is 5.85. The largest absolute Gasteiger partial charge is 0.353 e. The smallest absolute Gasteiger partial charge is 0.262 e. The molecule has 0 atom stereocenters. The molecular formula is C22H23N5O2S. The predicted molar refractivity (Wildman–Crippen MR) is 119 cm³/mol. The van der Waals surface area contributed by atoms with Crippen LogP contribution in [0.15, 0.2) is 64.5 Å². The van der Waals surface area contributed by atoms with Crippen LogP contribution in [-0.4, -0.2) is 36.9 Å². The summed E-state index contributed by atoms with van der Waals surface area (Å²) in [6.07, 6.45) is 0.709. The lowest BCUT2D eigenvalue weighted by molar-refractivity contribution is -0.119. The molecule has 0 aliphatic heterocycles. The first-order chi connectivity index (χ1) is 14.5. The van der Waals surface area contributed by atoms with E-state index in [-0.39, 0.29) is 23.3 Å². The molecule has 30 heavy (non-hydrogen) atoms. The first-order valence-corrected chi connectivity index (χ1v) is 10.9. The van der Waals surface area contributed by atoms with Gasteiger partial charge in [-0.25, -0.2) is 0 Å². The Morgan fingerprint density at radius 1 is 1.07 bits per heavy atom. The topological polar surface area (TPSA) is 81.3 Å². The minimum absolute atomic E-state index is 0.0616. The maximum atomic E-state index is 13.2. The molecule has 2 aromatic carbocycles. The van der Waals surface area contributed by atoms with Crippen molar-refractivity contribution in [3.63, 3.8) is 0 Å². The van der Waals surface area contributed by atoms with Crippen molar-refractivity contribution in [1.82, 2.24) is 24.5 Å². The molecule has 4 aromatic rings. The number of thioether (sulfide) groups is 1. The lowest BCUT2D eigenvalue weighted by atomic mass is 10.1. The Labute approximate surface area is 178 Å². The number of amides is 1. The zero-order valence-corrected chi connectivity index (χ0v) is 17.7. The number of aromatic nitrogens is 4. The SMILES string of the molecule is CC(C)NC(=O)CSc1nnc2n(CCc3ccccc3)c(=O)c3ccccc3n12. The number of nitrogens with zero attached hydrogens (tertiary/aromatic N) is 4. The number of rotatable bonds is 7. The summed E-state index contributed by atoms with van der Waals surface area (Å²) in [6, 6.07) is 17.6. The molecule has 0 unspecified atom stereocenters. The fourth-order valence-electron chi connectivity index (χ4n) is 3.41. The Balaban J connectivity index is 1.74. The average molecular weight is 422 g/mol. The van der Waals surface area contributed by atoms with Crippen molar-refractivity contribution in [2.24, 2.45) is 0 Å². The maximum absolute atomic E-state index is 13.2. The predicted octanol–water partition coefficient (Wildman–Crippen LogP) is 2.90. The van der Waals surface area contributed by atoms with Gasteiger partial charge >= 0.3 is 0 Å². The van der Waals surface area contributed by atoms with Gasteiger partial charge in [-0.3, -0.25) is 18.6 Å². The monoisotopic (exact) mass is 421 g/mol. The molecule has 0 radical (unpaired) electrons. The molecule has 0 saturated carbocycles. The quantitative estimate of drug-likeness (QED) is 0.464. The molecule has 2 heterocycles. The molecule has 0 spiro atoms. The fourth-order valence-corrected chi connectivity index (χ4v) is 4.16. The van der Waals surface area contributed by atoms with E-state index in [4.69, 9.17) is 0 Å². The molecule has 7 nitrogen and oxygen atoms in total. The molecule has 1 amide bonds. The van der Waals surface area contributed by atoms with Crippen molar-refractivity contribution >= 4 is 34.3 Å². The van der Waals surface area contributed by atoms with E-state index >= 15 is 0 Å². The molecule has 0 bridgehead atoms. The molecule has 1 N–H and O–H groups in total. The molecular weight excluding hydrogens is 398 g/mol. The van der Waals surface area contributed by atoms with Gasteiger partial charge in [0.1, 0.15) is 0 Å². The normalized spacial score (nSPS) is 11.4. The number of carbonyl (C=O) groups is 1. The zero-order chi connectivity index (χ0) is 21.1. The van der Waals surface area contributed by atoms with Gasteiger partial charge in [-0.2, -0.15) is 0 Å². The van der Waals surface area contributed by atoms with Crippen LogP contribution in [-0.2, 0) is 17.8 Å². The van der Waals surface area contributed by atoms with Gasteiger partial charge in [-0.1, -0.05) is 54.2 Å². The van der Waals surface area contributed by atoms with Crippen LogP contribution in [0.1, 0.15) is 19.4 Å². The minimum atomic E-state index is -0.0875. The lowest BCUT2D eigenvalue weighted by Crippen LogP contribution is -2.31. The van der Waals surface area contributed by atoms with E-state index < -0.39 is 0 Å². The van der Waals surface area contributed by atoms with Crippen molar-refractivity contribution in [3.8, 4) is 0 Å². The van der Waals surface area contributed by atoms with Gasteiger partial charge in [0, 0.05) is 12.6 Å². The highest BCUT2D eigenvalue weighted by molar-refractivity contribution is 7.99. The second kappa shape index (κ2) is 8.71. The summed E-state index contributed by atoms with van der Waals surface area (Å²) in [5.74, 6) is 0.658.